The van der Waals surface area contributed by atoms with E-state index >= 15 is 0 Å². The van der Waals surface area contributed by atoms with Gasteiger partial charge in [0.2, 0.25) is 0 Å². The van der Waals surface area contributed by atoms with Crippen molar-refractivity contribution in [3.05, 3.63) is 152 Å². The zero-order chi connectivity index (χ0) is 29.9. The van der Waals surface area contributed by atoms with Crippen LogP contribution in [0, 0.1) is 0 Å². The van der Waals surface area contributed by atoms with Crippen LogP contribution in [0.5, 0.6) is 11.5 Å². The molecule has 0 aliphatic carbocycles. The van der Waals surface area contributed by atoms with Crippen LogP contribution in [-0.4, -0.2) is 27.8 Å². The maximum absolute atomic E-state index is 6.54. The number of hydrogen-bond donors (Lipinski definition) is 0. The summed E-state index contributed by atoms with van der Waals surface area (Å²) in [6.07, 6.45) is 4.18. The Hall–Kier alpha value is -5.94. The molecule has 5 nitrogen and oxygen atoms in total. The first-order chi connectivity index (χ1) is 22.2. The van der Waals surface area contributed by atoms with Gasteiger partial charge >= 0.3 is 0 Å². The molecule has 0 radical (unpaired) electrons. The van der Waals surface area contributed by atoms with Crippen LogP contribution < -0.4 is 9.64 Å². The van der Waals surface area contributed by atoms with Crippen molar-refractivity contribution in [1.29, 1.82) is 0 Å². The number of ether oxygens (including phenoxy) is 1. The number of aromatic nitrogens is 2. The van der Waals surface area contributed by atoms with Crippen LogP contribution in [0.3, 0.4) is 0 Å². The van der Waals surface area contributed by atoms with Gasteiger partial charge in [-0.2, -0.15) is 0 Å². The molecule has 2 aromatic heterocycles. The summed E-state index contributed by atoms with van der Waals surface area (Å²) in [4.78, 5) is 4.36. The Morgan fingerprint density at radius 3 is 1.96 bits per heavy atom. The van der Waals surface area contributed by atoms with Crippen LogP contribution in [0.2, 0.25) is 0 Å². The summed E-state index contributed by atoms with van der Waals surface area (Å²) in [6.45, 7) is 0.821. The van der Waals surface area contributed by atoms with Gasteiger partial charge in [0.1, 0.15) is 11.5 Å². The number of anilines is 1. The van der Waals surface area contributed by atoms with Crippen molar-refractivity contribution in [2.24, 2.45) is 0 Å². The van der Waals surface area contributed by atoms with Crippen molar-refractivity contribution in [3.8, 4) is 22.9 Å². The van der Waals surface area contributed by atoms with Crippen molar-refractivity contribution in [1.82, 2.24) is 14.0 Å². The van der Waals surface area contributed by atoms with E-state index in [0.29, 0.717) is 0 Å². The second-order valence-corrected chi connectivity index (χ2v) is 11.7. The first-order valence-corrected chi connectivity index (χ1v) is 15.3. The molecule has 0 atom stereocenters. The van der Waals surface area contributed by atoms with E-state index in [2.05, 4.69) is 172 Å². The minimum absolute atomic E-state index is 0.802. The molecule has 1 aliphatic rings. The fourth-order valence-corrected chi connectivity index (χ4v) is 6.86. The lowest BCUT2D eigenvalue weighted by Gasteiger charge is -2.19. The van der Waals surface area contributed by atoms with Gasteiger partial charge in [0.25, 0.3) is 0 Å². The molecule has 5 heteroatoms. The highest BCUT2D eigenvalue weighted by Crippen LogP contribution is 2.43. The topological polar surface area (TPSA) is 25.6 Å². The molecule has 3 heterocycles. The second-order valence-electron chi connectivity index (χ2n) is 11.7. The molecule has 0 amide bonds. The second kappa shape index (κ2) is 10.1. The third kappa shape index (κ3) is 4.09. The van der Waals surface area contributed by atoms with Crippen LogP contribution in [0.1, 0.15) is 0 Å². The van der Waals surface area contributed by atoms with Gasteiger partial charge in [-0.3, -0.25) is 0 Å². The number of benzene rings is 6. The van der Waals surface area contributed by atoms with Gasteiger partial charge in [0, 0.05) is 70.2 Å². The summed E-state index contributed by atoms with van der Waals surface area (Å²) in [5, 5.41) is 4.89. The Balaban J connectivity index is 1.29. The van der Waals surface area contributed by atoms with Gasteiger partial charge in [0.05, 0.1) is 28.7 Å². The maximum Gasteiger partial charge on any atom is 0.129 e. The van der Waals surface area contributed by atoms with E-state index in [1.165, 1.54) is 38.1 Å². The number of para-hydroxylation sites is 3. The highest BCUT2D eigenvalue weighted by atomic mass is 16.5. The molecule has 6 aromatic carbocycles. The Bertz CT molecular complexity index is 2400. The summed E-state index contributed by atoms with van der Waals surface area (Å²) in [5.41, 5.74) is 8.06. The molecule has 0 N–H and O–H groups in total. The van der Waals surface area contributed by atoms with Gasteiger partial charge in [-0.15, -0.1) is 0 Å². The summed E-state index contributed by atoms with van der Waals surface area (Å²) in [5.74, 6) is 1.61. The van der Waals surface area contributed by atoms with E-state index in [-0.39, 0.29) is 0 Å². The highest BCUT2D eigenvalue weighted by molar-refractivity contribution is 6.26. The fraction of sp³-hybridized carbons (Fsp3) is 0.0500. The van der Waals surface area contributed by atoms with Gasteiger partial charge in [-0.25, -0.2) is 0 Å². The van der Waals surface area contributed by atoms with E-state index in [1.807, 2.05) is 6.07 Å². The fourth-order valence-electron chi connectivity index (χ4n) is 6.86. The number of fused-ring (bicyclic) bond motifs is 7. The Kier molecular flexibility index (Phi) is 5.72. The van der Waals surface area contributed by atoms with Crippen molar-refractivity contribution < 1.29 is 4.74 Å². The van der Waals surface area contributed by atoms with Gasteiger partial charge in [-0.1, -0.05) is 66.7 Å². The van der Waals surface area contributed by atoms with E-state index in [9.17, 15) is 0 Å². The van der Waals surface area contributed by atoms with Crippen LogP contribution in [0.15, 0.2) is 152 Å². The van der Waals surface area contributed by atoms with Crippen LogP contribution in [0.25, 0.3) is 55.0 Å². The Morgan fingerprint density at radius 1 is 0.489 bits per heavy atom. The molecule has 1 aliphatic heterocycles. The van der Waals surface area contributed by atoms with Crippen LogP contribution in [0.4, 0.5) is 5.69 Å². The largest absolute Gasteiger partial charge is 0.457 e. The van der Waals surface area contributed by atoms with Crippen molar-refractivity contribution in [3.63, 3.8) is 0 Å². The van der Waals surface area contributed by atoms with Gasteiger partial charge < -0.3 is 23.7 Å². The van der Waals surface area contributed by atoms with Crippen molar-refractivity contribution in [2.45, 2.75) is 0 Å². The molecule has 9 rings (SSSR count). The predicted octanol–water partition coefficient (Wildman–Crippen LogP) is 9.85. The predicted molar refractivity (Wildman–Crippen MR) is 186 cm³/mol. The molecule has 0 fully saturated rings. The van der Waals surface area contributed by atoms with Crippen molar-refractivity contribution >= 4 is 49.3 Å². The lowest BCUT2D eigenvalue weighted by molar-refractivity contribution is 0.481. The lowest BCUT2D eigenvalue weighted by Crippen LogP contribution is -2.21. The summed E-state index contributed by atoms with van der Waals surface area (Å²) >= 11 is 0. The Morgan fingerprint density at radius 2 is 1.18 bits per heavy atom. The smallest absolute Gasteiger partial charge is 0.129 e. The van der Waals surface area contributed by atoms with E-state index in [4.69, 9.17) is 4.74 Å². The van der Waals surface area contributed by atoms with Crippen LogP contribution in [-0.2, 0) is 0 Å². The summed E-state index contributed by atoms with van der Waals surface area (Å²) in [7, 11) is 2.07. The minimum Gasteiger partial charge on any atom is -0.457 e. The molecule has 8 aromatic rings. The summed E-state index contributed by atoms with van der Waals surface area (Å²) < 4.78 is 11.3. The molecular weight excluding hydrogens is 552 g/mol. The third-order valence-corrected chi connectivity index (χ3v) is 8.83. The molecular formula is C40H30N4O. The third-order valence-electron chi connectivity index (χ3n) is 8.83. The van der Waals surface area contributed by atoms with Gasteiger partial charge in [0.15, 0.2) is 0 Å². The lowest BCUT2D eigenvalue weighted by atomic mass is 10.1. The first kappa shape index (κ1) is 25.5. The quantitative estimate of drug-likeness (QED) is 0.202. The molecule has 0 unspecified atom stereocenters. The maximum atomic E-state index is 6.54. The van der Waals surface area contributed by atoms with E-state index in [0.717, 1.165) is 40.7 Å². The van der Waals surface area contributed by atoms with Crippen molar-refractivity contribution in [2.75, 3.05) is 18.6 Å². The molecule has 0 saturated carbocycles. The summed E-state index contributed by atoms with van der Waals surface area (Å²) in [6, 6.07) is 49.4. The normalized spacial score (nSPS) is 13.2. The zero-order valence-corrected chi connectivity index (χ0v) is 24.8. The molecule has 0 saturated heterocycles. The Labute approximate surface area is 261 Å². The van der Waals surface area contributed by atoms with Crippen LogP contribution >= 0.6 is 0 Å². The monoisotopic (exact) mass is 582 g/mol. The van der Waals surface area contributed by atoms with Gasteiger partial charge in [-0.05, 0) is 60.7 Å². The minimum atomic E-state index is 0.802. The SMILES string of the molecule is CN1C=CN(c2cccc(Oc3ccc4c5ccc6c(c7ccccc7n6-c6ccccc6)c5n(-c5ccccc5)c4c3)c2)C1. The number of hydrogen-bond acceptors (Lipinski definition) is 3. The molecule has 0 spiro atoms. The standard InChI is InChI=1S/C40H30N4O/c1-41-23-24-42(27-41)30-15-10-16-31(25-30)45-32-19-20-33-34-21-22-37-39(40(34)44(38(33)26-32)29-13-6-3-7-14-29)35-17-8-9-18-36(35)43(37)28-11-4-2-5-12-28/h2-26H,27H2,1H3. The first-order valence-electron chi connectivity index (χ1n) is 15.3. The molecule has 45 heavy (non-hydrogen) atoms. The van der Waals surface area contributed by atoms with E-state index in [1.54, 1.807) is 0 Å². The highest BCUT2D eigenvalue weighted by Gasteiger charge is 2.21. The molecule has 0 bridgehead atoms. The average molecular weight is 583 g/mol. The number of nitrogens with zero attached hydrogens (tertiary/aromatic N) is 4. The number of rotatable bonds is 5. The average Bonchev–Trinajstić information content (AvgIpc) is 3.77. The zero-order valence-electron chi connectivity index (χ0n) is 24.8. The molecule has 216 valence electrons. The van der Waals surface area contributed by atoms with E-state index < -0.39 is 0 Å².